The van der Waals surface area contributed by atoms with Crippen LogP contribution in [0, 0.1) is 5.41 Å². The first-order valence-electron chi connectivity index (χ1n) is 9.76. The van der Waals surface area contributed by atoms with Gasteiger partial charge in [0.2, 0.25) is 0 Å². The molecule has 2 aliphatic rings. The number of benzene rings is 1. The number of ether oxygens (including phenoxy) is 1. The number of hydrogen-bond acceptors (Lipinski definition) is 5. The van der Waals surface area contributed by atoms with E-state index in [4.69, 9.17) is 9.15 Å². The lowest BCUT2D eigenvalue weighted by Gasteiger charge is -2.40. The van der Waals surface area contributed by atoms with Gasteiger partial charge in [-0.1, -0.05) is 18.2 Å². The largest absolute Gasteiger partial charge is 0.422 e. The molecule has 0 unspecified atom stereocenters. The van der Waals surface area contributed by atoms with Gasteiger partial charge in [-0.2, -0.15) is 0 Å². The van der Waals surface area contributed by atoms with Crippen LogP contribution in [0.4, 0.5) is 0 Å². The van der Waals surface area contributed by atoms with Gasteiger partial charge in [0.1, 0.15) is 11.1 Å². The Kier molecular flexibility index (Phi) is 5.27. The number of para-hydroxylation sites is 1. The quantitative estimate of drug-likeness (QED) is 0.819. The highest BCUT2D eigenvalue weighted by molar-refractivity contribution is 5.96. The Morgan fingerprint density at radius 3 is 2.67 bits per heavy atom. The molecule has 0 spiro atoms. The third-order valence-electron chi connectivity index (χ3n) is 5.82. The van der Waals surface area contributed by atoms with Gasteiger partial charge in [0.25, 0.3) is 5.91 Å². The fraction of sp³-hybridized carbons (Fsp3) is 0.524. The predicted octanol–water partition coefficient (Wildman–Crippen LogP) is 2.42. The van der Waals surface area contributed by atoms with Gasteiger partial charge in [0.05, 0.1) is 0 Å². The normalized spacial score (nSPS) is 20.0. The molecule has 0 bridgehead atoms. The summed E-state index contributed by atoms with van der Waals surface area (Å²) >= 11 is 0. The summed E-state index contributed by atoms with van der Waals surface area (Å²) in [5.41, 5.74) is -0.0206. The predicted molar refractivity (Wildman–Crippen MR) is 103 cm³/mol. The van der Waals surface area contributed by atoms with E-state index >= 15 is 0 Å². The molecule has 1 amide bonds. The molecule has 2 aromatic rings. The van der Waals surface area contributed by atoms with E-state index in [1.807, 2.05) is 12.1 Å². The monoisotopic (exact) mass is 370 g/mol. The topological polar surface area (TPSA) is 71.8 Å². The molecule has 2 aliphatic heterocycles. The van der Waals surface area contributed by atoms with Crippen molar-refractivity contribution in [3.8, 4) is 0 Å². The van der Waals surface area contributed by atoms with Gasteiger partial charge in [-0.15, -0.1) is 0 Å². The Hall–Kier alpha value is -2.18. The Labute approximate surface area is 158 Å². The zero-order valence-electron chi connectivity index (χ0n) is 15.5. The Morgan fingerprint density at radius 1 is 1.15 bits per heavy atom. The zero-order chi connectivity index (χ0) is 18.7. The summed E-state index contributed by atoms with van der Waals surface area (Å²) in [6.45, 7) is 5.24. The highest BCUT2D eigenvalue weighted by Crippen LogP contribution is 2.32. The molecule has 4 rings (SSSR count). The number of rotatable bonds is 5. The second kappa shape index (κ2) is 7.82. The summed E-state index contributed by atoms with van der Waals surface area (Å²) in [6.07, 6.45) is 4.35. The van der Waals surface area contributed by atoms with Crippen LogP contribution in [0.1, 0.15) is 36.0 Å². The standard InChI is InChI=1S/C21H26N2O4/c24-19(17-13-16-5-1-2-6-18(16)27-20(17)25)22-14-21(7-11-26-12-8-21)15-23-9-3-4-10-23/h1-2,5-6,13H,3-4,7-12,14-15H2,(H,22,24). The average molecular weight is 370 g/mol. The zero-order valence-corrected chi connectivity index (χ0v) is 15.5. The van der Waals surface area contributed by atoms with Crippen LogP contribution in [-0.4, -0.2) is 50.2 Å². The maximum Gasteiger partial charge on any atom is 0.349 e. The smallest absolute Gasteiger partial charge is 0.349 e. The summed E-state index contributed by atoms with van der Waals surface area (Å²) in [7, 11) is 0. The maximum absolute atomic E-state index is 12.7. The van der Waals surface area contributed by atoms with E-state index < -0.39 is 5.63 Å². The molecule has 6 heteroatoms. The maximum atomic E-state index is 12.7. The molecule has 1 N–H and O–H groups in total. The van der Waals surface area contributed by atoms with Gasteiger partial charge in [-0.3, -0.25) is 4.79 Å². The van der Waals surface area contributed by atoms with Gasteiger partial charge in [0.15, 0.2) is 0 Å². The minimum atomic E-state index is -0.591. The van der Waals surface area contributed by atoms with Crippen molar-refractivity contribution in [2.75, 3.05) is 39.4 Å². The average Bonchev–Trinajstić information content (AvgIpc) is 3.19. The molecule has 1 aromatic heterocycles. The van der Waals surface area contributed by atoms with Gasteiger partial charge in [-0.25, -0.2) is 4.79 Å². The van der Waals surface area contributed by atoms with Crippen LogP contribution >= 0.6 is 0 Å². The molecule has 27 heavy (non-hydrogen) atoms. The van der Waals surface area contributed by atoms with Gasteiger partial charge >= 0.3 is 5.63 Å². The number of likely N-dealkylation sites (tertiary alicyclic amines) is 1. The molecule has 0 aliphatic carbocycles. The number of fused-ring (bicyclic) bond motifs is 1. The number of nitrogens with one attached hydrogen (secondary N) is 1. The van der Waals surface area contributed by atoms with Crippen LogP contribution in [0.2, 0.25) is 0 Å². The van der Waals surface area contributed by atoms with E-state index in [1.54, 1.807) is 18.2 Å². The highest BCUT2D eigenvalue weighted by Gasteiger charge is 2.35. The lowest BCUT2D eigenvalue weighted by atomic mass is 9.79. The van der Waals surface area contributed by atoms with Crippen molar-refractivity contribution in [2.45, 2.75) is 25.7 Å². The lowest BCUT2D eigenvalue weighted by molar-refractivity contribution is -0.000647. The Balaban J connectivity index is 1.49. The van der Waals surface area contributed by atoms with E-state index in [-0.39, 0.29) is 16.9 Å². The van der Waals surface area contributed by atoms with Crippen molar-refractivity contribution < 1.29 is 13.9 Å². The molecule has 1 aromatic carbocycles. The minimum absolute atomic E-state index is 0.00922. The third-order valence-corrected chi connectivity index (χ3v) is 5.82. The van der Waals surface area contributed by atoms with Crippen LogP contribution in [0.5, 0.6) is 0 Å². The van der Waals surface area contributed by atoms with Crippen LogP contribution < -0.4 is 10.9 Å². The van der Waals surface area contributed by atoms with Crippen molar-refractivity contribution in [3.05, 3.63) is 46.3 Å². The molecule has 6 nitrogen and oxygen atoms in total. The second-order valence-corrected chi connectivity index (χ2v) is 7.76. The fourth-order valence-corrected chi connectivity index (χ4v) is 4.19. The van der Waals surface area contributed by atoms with E-state index in [0.29, 0.717) is 12.1 Å². The second-order valence-electron chi connectivity index (χ2n) is 7.76. The molecule has 0 radical (unpaired) electrons. The molecule has 2 saturated heterocycles. The third kappa shape index (κ3) is 4.06. The molecule has 2 fully saturated rings. The van der Waals surface area contributed by atoms with Crippen LogP contribution in [-0.2, 0) is 4.74 Å². The van der Waals surface area contributed by atoms with E-state index in [2.05, 4.69) is 10.2 Å². The molecule has 0 atom stereocenters. The summed E-state index contributed by atoms with van der Waals surface area (Å²) in [6, 6.07) is 8.84. The number of hydrogen-bond donors (Lipinski definition) is 1. The van der Waals surface area contributed by atoms with Crippen LogP contribution in [0.25, 0.3) is 11.0 Å². The molecule has 0 saturated carbocycles. The van der Waals surface area contributed by atoms with E-state index in [9.17, 15) is 9.59 Å². The Morgan fingerprint density at radius 2 is 1.89 bits per heavy atom. The van der Waals surface area contributed by atoms with E-state index in [1.165, 1.54) is 12.8 Å². The van der Waals surface area contributed by atoms with Crippen molar-refractivity contribution in [2.24, 2.45) is 5.41 Å². The summed E-state index contributed by atoms with van der Waals surface area (Å²) in [4.78, 5) is 27.4. The SMILES string of the molecule is O=C(NCC1(CN2CCCC2)CCOCC1)c1cc2ccccc2oc1=O. The Bertz CT molecular complexity index is 864. The van der Waals surface area contributed by atoms with Crippen molar-refractivity contribution in [1.82, 2.24) is 10.2 Å². The van der Waals surface area contributed by atoms with Crippen molar-refractivity contribution in [3.63, 3.8) is 0 Å². The van der Waals surface area contributed by atoms with Crippen LogP contribution in [0.3, 0.4) is 0 Å². The molecular weight excluding hydrogens is 344 g/mol. The van der Waals surface area contributed by atoms with E-state index in [0.717, 1.165) is 51.1 Å². The molecule has 3 heterocycles. The minimum Gasteiger partial charge on any atom is -0.422 e. The summed E-state index contributed by atoms with van der Waals surface area (Å²) in [5.74, 6) is -0.359. The number of amides is 1. The molecule has 144 valence electrons. The fourth-order valence-electron chi connectivity index (χ4n) is 4.19. The first kappa shape index (κ1) is 18.2. The number of carbonyl (C=O) groups is 1. The first-order valence-corrected chi connectivity index (χ1v) is 9.76. The van der Waals surface area contributed by atoms with Gasteiger partial charge in [0, 0.05) is 37.1 Å². The first-order chi connectivity index (χ1) is 13.2. The number of nitrogens with zero attached hydrogens (tertiary/aromatic N) is 1. The van der Waals surface area contributed by atoms with Gasteiger partial charge < -0.3 is 19.4 Å². The highest BCUT2D eigenvalue weighted by atomic mass is 16.5. The van der Waals surface area contributed by atoms with Crippen molar-refractivity contribution in [1.29, 1.82) is 0 Å². The van der Waals surface area contributed by atoms with Gasteiger partial charge in [-0.05, 0) is 50.9 Å². The lowest BCUT2D eigenvalue weighted by Crippen LogP contribution is -2.48. The van der Waals surface area contributed by atoms with Crippen LogP contribution in [0.15, 0.2) is 39.5 Å². The summed E-state index contributed by atoms with van der Waals surface area (Å²) in [5, 5.41) is 3.76. The van der Waals surface area contributed by atoms with Crippen molar-refractivity contribution >= 4 is 16.9 Å². The number of carbonyl (C=O) groups excluding carboxylic acids is 1. The molecular formula is C21H26N2O4. The summed E-state index contributed by atoms with van der Waals surface area (Å²) < 4.78 is 10.8.